The van der Waals surface area contributed by atoms with Gasteiger partial charge in [0, 0.05) is 23.5 Å². The van der Waals surface area contributed by atoms with Gasteiger partial charge in [0.2, 0.25) is 5.91 Å². The monoisotopic (exact) mass is 392 g/mol. The molecule has 0 aromatic heterocycles. The molecule has 0 aliphatic carbocycles. The van der Waals surface area contributed by atoms with Crippen LogP contribution >= 0.6 is 11.8 Å². The van der Waals surface area contributed by atoms with Crippen LogP contribution in [-0.2, 0) is 20.9 Å². The molecular weight excluding hydrogens is 372 g/mol. The molecule has 1 amide bonds. The quantitative estimate of drug-likeness (QED) is 0.328. The topological polar surface area (TPSA) is 110 Å². The summed E-state index contributed by atoms with van der Waals surface area (Å²) >= 11 is 1.49. The maximum atomic E-state index is 12.6. The first kappa shape index (κ1) is 19.4. The van der Waals surface area contributed by atoms with Gasteiger partial charge in [-0.3, -0.25) is 14.9 Å². The molecule has 2 aliphatic rings. The number of nitro groups is 1. The van der Waals surface area contributed by atoms with Gasteiger partial charge in [-0.05, 0) is 30.4 Å². The molecule has 2 aliphatic heterocycles. The molecule has 144 valence electrons. The maximum absolute atomic E-state index is 12.6. The SMILES string of the molecule is CCSC1=C(C(=O)OCc2ccc([N+](=O)[O-])cc2)N2C(=O)C([C@H](C)O)C2C1. The number of aliphatic hydroxyl groups is 1. The number of amides is 1. The van der Waals surface area contributed by atoms with Crippen molar-refractivity contribution in [2.45, 2.75) is 39.0 Å². The lowest BCUT2D eigenvalue weighted by Gasteiger charge is -2.44. The first-order valence-corrected chi connectivity index (χ1v) is 9.61. The van der Waals surface area contributed by atoms with Crippen molar-refractivity contribution in [1.29, 1.82) is 0 Å². The van der Waals surface area contributed by atoms with E-state index < -0.39 is 22.9 Å². The minimum Gasteiger partial charge on any atom is -0.456 e. The number of carbonyl (C=O) groups excluding carboxylic acids is 2. The number of ether oxygens (including phenoxy) is 1. The van der Waals surface area contributed by atoms with Gasteiger partial charge in [-0.15, -0.1) is 11.8 Å². The summed E-state index contributed by atoms with van der Waals surface area (Å²) in [5.41, 5.74) is 0.838. The number of non-ortho nitro benzene ring substituents is 1. The lowest BCUT2D eigenvalue weighted by molar-refractivity contribution is -0.384. The Balaban J connectivity index is 1.71. The number of thioether (sulfide) groups is 1. The Morgan fingerprint density at radius 1 is 1.44 bits per heavy atom. The number of rotatable bonds is 7. The zero-order chi connectivity index (χ0) is 19.7. The molecular formula is C18H20N2O6S. The van der Waals surface area contributed by atoms with Crippen LogP contribution in [0, 0.1) is 16.0 Å². The highest BCUT2D eigenvalue weighted by Gasteiger charge is 2.56. The van der Waals surface area contributed by atoms with Crippen molar-refractivity contribution in [2.24, 2.45) is 5.92 Å². The van der Waals surface area contributed by atoms with Crippen molar-refractivity contribution in [3.05, 3.63) is 50.5 Å². The van der Waals surface area contributed by atoms with Crippen LogP contribution in [0.4, 0.5) is 5.69 Å². The summed E-state index contributed by atoms with van der Waals surface area (Å²) in [5.74, 6) is -0.589. The number of nitro benzene ring substituents is 1. The summed E-state index contributed by atoms with van der Waals surface area (Å²) in [7, 11) is 0. The number of hydrogen-bond donors (Lipinski definition) is 1. The third kappa shape index (κ3) is 3.57. The average Bonchev–Trinajstić information content (AvgIpc) is 2.94. The van der Waals surface area contributed by atoms with Crippen LogP contribution in [0.15, 0.2) is 34.9 Å². The Morgan fingerprint density at radius 2 is 2.11 bits per heavy atom. The third-order valence-corrected chi connectivity index (χ3v) is 5.71. The van der Waals surface area contributed by atoms with E-state index in [1.54, 1.807) is 6.92 Å². The van der Waals surface area contributed by atoms with Crippen molar-refractivity contribution in [3.63, 3.8) is 0 Å². The molecule has 1 aromatic rings. The number of β-lactam (4-membered cyclic amide) rings is 1. The summed E-state index contributed by atoms with van der Waals surface area (Å²) in [6, 6.07) is 5.54. The van der Waals surface area contributed by atoms with E-state index in [4.69, 9.17) is 4.74 Å². The fraction of sp³-hybridized carbons (Fsp3) is 0.444. The number of aliphatic hydroxyl groups excluding tert-OH is 1. The molecule has 0 saturated carbocycles. The summed E-state index contributed by atoms with van der Waals surface area (Å²) in [6.45, 7) is 3.50. The molecule has 0 bridgehead atoms. The molecule has 1 aromatic carbocycles. The number of benzene rings is 1. The van der Waals surface area contributed by atoms with E-state index >= 15 is 0 Å². The second kappa shape index (κ2) is 7.69. The van der Waals surface area contributed by atoms with Crippen LogP contribution < -0.4 is 0 Å². The molecule has 1 N–H and O–H groups in total. The number of nitrogens with zero attached hydrogens (tertiary/aromatic N) is 2. The van der Waals surface area contributed by atoms with Crippen molar-refractivity contribution in [2.75, 3.05) is 5.75 Å². The highest BCUT2D eigenvalue weighted by atomic mass is 32.2. The van der Waals surface area contributed by atoms with Gasteiger partial charge in [-0.25, -0.2) is 4.79 Å². The molecule has 9 heteroatoms. The first-order valence-electron chi connectivity index (χ1n) is 8.62. The van der Waals surface area contributed by atoms with Crippen LogP contribution in [0.25, 0.3) is 0 Å². The van der Waals surface area contributed by atoms with E-state index in [1.807, 2.05) is 6.92 Å². The highest BCUT2D eigenvalue weighted by Crippen LogP contribution is 2.47. The third-order valence-electron chi connectivity index (χ3n) is 4.72. The minimum atomic E-state index is -0.762. The molecule has 1 fully saturated rings. The summed E-state index contributed by atoms with van der Waals surface area (Å²) in [5, 5.41) is 20.5. The molecule has 8 nitrogen and oxygen atoms in total. The predicted molar refractivity (Wildman–Crippen MR) is 98.5 cm³/mol. The van der Waals surface area contributed by atoms with Gasteiger partial charge >= 0.3 is 5.97 Å². The minimum absolute atomic E-state index is 0.0385. The number of hydrogen-bond acceptors (Lipinski definition) is 7. The lowest BCUT2D eigenvalue weighted by atomic mass is 9.83. The van der Waals surface area contributed by atoms with Gasteiger partial charge < -0.3 is 14.7 Å². The Bertz CT molecular complexity index is 805. The summed E-state index contributed by atoms with van der Waals surface area (Å²) in [6.07, 6.45) is -0.219. The molecule has 2 heterocycles. The average molecular weight is 392 g/mol. The van der Waals surface area contributed by atoms with Gasteiger partial charge in [0.05, 0.1) is 23.0 Å². The van der Waals surface area contributed by atoms with Crippen LogP contribution in [-0.4, -0.2) is 44.7 Å². The molecule has 0 radical (unpaired) electrons. The first-order chi connectivity index (χ1) is 12.8. The van der Waals surface area contributed by atoms with Crippen LogP contribution in [0.3, 0.4) is 0 Å². The fourth-order valence-corrected chi connectivity index (χ4v) is 4.41. The standard InChI is InChI=1S/C18H20N2O6S/c1-3-27-14-8-13-15(10(2)21)17(22)19(13)16(14)18(23)26-9-11-4-6-12(7-5-11)20(24)25/h4-7,10,13,15,21H,3,8-9H2,1-2H3/t10-,13?,15?/m0/s1. The van der Waals surface area contributed by atoms with Crippen molar-refractivity contribution < 1.29 is 24.4 Å². The fourth-order valence-electron chi connectivity index (χ4n) is 3.45. The van der Waals surface area contributed by atoms with Crippen molar-refractivity contribution in [1.82, 2.24) is 4.90 Å². The van der Waals surface area contributed by atoms with E-state index in [2.05, 4.69) is 0 Å². The van der Waals surface area contributed by atoms with Crippen molar-refractivity contribution >= 4 is 29.3 Å². The summed E-state index contributed by atoms with van der Waals surface area (Å²) in [4.78, 5) is 37.4. The van der Waals surface area contributed by atoms with E-state index in [-0.39, 0.29) is 29.9 Å². The van der Waals surface area contributed by atoms with Crippen molar-refractivity contribution in [3.8, 4) is 0 Å². The zero-order valence-corrected chi connectivity index (χ0v) is 15.8. The van der Waals surface area contributed by atoms with Crippen LogP contribution in [0.1, 0.15) is 25.8 Å². The van der Waals surface area contributed by atoms with Gasteiger partial charge in [-0.2, -0.15) is 0 Å². The van der Waals surface area contributed by atoms with Gasteiger partial charge in [0.25, 0.3) is 5.69 Å². The number of esters is 1. The number of fused-ring (bicyclic) bond motifs is 1. The smallest absolute Gasteiger partial charge is 0.356 e. The Hall–Kier alpha value is -2.39. The van der Waals surface area contributed by atoms with E-state index in [0.29, 0.717) is 12.0 Å². The van der Waals surface area contributed by atoms with Crippen LogP contribution in [0.5, 0.6) is 0 Å². The van der Waals surface area contributed by atoms with Gasteiger partial charge in [-0.1, -0.05) is 6.92 Å². The molecule has 1 saturated heterocycles. The van der Waals surface area contributed by atoms with Gasteiger partial charge in [0.15, 0.2) is 0 Å². The Kier molecular flexibility index (Phi) is 5.52. The molecule has 3 atom stereocenters. The second-order valence-electron chi connectivity index (χ2n) is 6.45. The lowest BCUT2D eigenvalue weighted by Crippen LogP contribution is -2.61. The van der Waals surface area contributed by atoms with Gasteiger partial charge in [0.1, 0.15) is 12.3 Å². The van der Waals surface area contributed by atoms with E-state index in [1.165, 1.54) is 40.9 Å². The molecule has 27 heavy (non-hydrogen) atoms. The number of carbonyl (C=O) groups is 2. The largest absolute Gasteiger partial charge is 0.456 e. The molecule has 2 unspecified atom stereocenters. The predicted octanol–water partition coefficient (Wildman–Crippen LogP) is 2.21. The zero-order valence-electron chi connectivity index (χ0n) is 15.0. The Morgan fingerprint density at radius 3 is 2.67 bits per heavy atom. The molecule has 3 rings (SSSR count). The van der Waals surface area contributed by atoms with E-state index in [0.717, 1.165) is 10.7 Å². The maximum Gasteiger partial charge on any atom is 0.356 e. The summed E-state index contributed by atoms with van der Waals surface area (Å²) < 4.78 is 5.35. The normalized spacial score (nSPS) is 22.3. The molecule has 0 spiro atoms. The second-order valence-corrected chi connectivity index (χ2v) is 7.81. The van der Waals surface area contributed by atoms with E-state index in [9.17, 15) is 24.8 Å². The van der Waals surface area contributed by atoms with Crippen LogP contribution in [0.2, 0.25) is 0 Å². The highest BCUT2D eigenvalue weighted by molar-refractivity contribution is 8.03. The Labute approximate surface area is 160 Å².